The van der Waals surface area contributed by atoms with Gasteiger partial charge >= 0.3 is 6.01 Å². The molecule has 1 aromatic heterocycles. The van der Waals surface area contributed by atoms with Crippen molar-refractivity contribution in [1.82, 2.24) is 15.0 Å². The number of ether oxygens (including phenoxy) is 1. The van der Waals surface area contributed by atoms with E-state index >= 15 is 0 Å². The van der Waals surface area contributed by atoms with Crippen molar-refractivity contribution in [3.8, 4) is 11.8 Å². The topological polar surface area (TPSA) is 59.9 Å². The quantitative estimate of drug-likeness (QED) is 0.924. The highest BCUT2D eigenvalue weighted by molar-refractivity contribution is 6.28. The highest BCUT2D eigenvalue weighted by atomic mass is 35.5. The zero-order chi connectivity index (χ0) is 13.0. The molecule has 0 bridgehead atoms. The van der Waals surface area contributed by atoms with Gasteiger partial charge in [0.1, 0.15) is 0 Å². The molecular formula is C11H10ClFN4O. The summed E-state index contributed by atoms with van der Waals surface area (Å²) in [7, 11) is 0. The molecule has 0 saturated carbocycles. The van der Waals surface area contributed by atoms with Crippen molar-refractivity contribution >= 4 is 17.5 Å². The van der Waals surface area contributed by atoms with Crippen LogP contribution in [0.2, 0.25) is 5.28 Å². The molecule has 0 amide bonds. The van der Waals surface area contributed by atoms with Crippen molar-refractivity contribution in [2.45, 2.75) is 6.92 Å². The summed E-state index contributed by atoms with van der Waals surface area (Å²) in [5, 5.41) is 2.85. The molecule has 5 nitrogen and oxygen atoms in total. The second-order valence-corrected chi connectivity index (χ2v) is 3.61. The number of halogens is 2. The Bertz CT molecular complexity index is 552. The Balaban J connectivity index is 2.26. The molecule has 0 saturated heterocycles. The molecule has 0 aliphatic rings. The van der Waals surface area contributed by atoms with E-state index in [1.807, 2.05) is 6.92 Å². The summed E-state index contributed by atoms with van der Waals surface area (Å²) in [5.41, 5.74) is 0. The Morgan fingerprint density at radius 1 is 1.28 bits per heavy atom. The summed E-state index contributed by atoms with van der Waals surface area (Å²) in [4.78, 5) is 11.6. The maximum Gasteiger partial charge on any atom is 0.328 e. The molecule has 7 heteroatoms. The molecule has 1 heterocycles. The van der Waals surface area contributed by atoms with Gasteiger partial charge in [-0.3, -0.25) is 0 Å². The summed E-state index contributed by atoms with van der Waals surface area (Å²) in [6.07, 6.45) is 0. The van der Waals surface area contributed by atoms with E-state index in [0.717, 1.165) is 0 Å². The number of aromatic nitrogens is 3. The predicted molar refractivity (Wildman–Crippen MR) is 65.5 cm³/mol. The van der Waals surface area contributed by atoms with E-state index in [-0.39, 0.29) is 23.0 Å². The predicted octanol–water partition coefficient (Wildman–Crippen LogP) is 2.89. The fraction of sp³-hybridized carbons (Fsp3) is 0.182. The third-order valence-corrected chi connectivity index (χ3v) is 2.13. The van der Waals surface area contributed by atoms with Crippen LogP contribution in [0.1, 0.15) is 6.92 Å². The van der Waals surface area contributed by atoms with Crippen LogP contribution in [-0.2, 0) is 0 Å². The van der Waals surface area contributed by atoms with E-state index in [9.17, 15) is 4.39 Å². The molecule has 0 aliphatic heterocycles. The first-order valence-corrected chi connectivity index (χ1v) is 5.64. The van der Waals surface area contributed by atoms with Crippen LogP contribution in [0.5, 0.6) is 11.8 Å². The molecule has 1 N–H and O–H groups in total. The van der Waals surface area contributed by atoms with Gasteiger partial charge in [0.2, 0.25) is 11.2 Å². The molecule has 0 atom stereocenters. The van der Waals surface area contributed by atoms with Gasteiger partial charge in [-0.2, -0.15) is 15.0 Å². The van der Waals surface area contributed by atoms with E-state index < -0.39 is 5.82 Å². The SMILES string of the molecule is CCNc1nc(Cl)nc(Oc2ccccc2F)n1. The van der Waals surface area contributed by atoms with Crippen molar-refractivity contribution in [2.75, 3.05) is 11.9 Å². The van der Waals surface area contributed by atoms with Gasteiger partial charge in [-0.15, -0.1) is 0 Å². The van der Waals surface area contributed by atoms with E-state index in [1.54, 1.807) is 12.1 Å². The number of hydrogen-bond acceptors (Lipinski definition) is 5. The fourth-order valence-electron chi connectivity index (χ4n) is 1.24. The van der Waals surface area contributed by atoms with E-state index in [0.29, 0.717) is 6.54 Å². The molecule has 18 heavy (non-hydrogen) atoms. The largest absolute Gasteiger partial charge is 0.421 e. The van der Waals surface area contributed by atoms with Crippen LogP contribution < -0.4 is 10.1 Å². The van der Waals surface area contributed by atoms with Gasteiger partial charge in [0.15, 0.2) is 11.6 Å². The van der Waals surface area contributed by atoms with Gasteiger partial charge in [0, 0.05) is 6.54 Å². The number of rotatable bonds is 4. The number of anilines is 1. The Hall–Kier alpha value is -1.95. The second kappa shape index (κ2) is 5.59. The summed E-state index contributed by atoms with van der Waals surface area (Å²) in [6, 6.07) is 5.90. The average Bonchev–Trinajstić information content (AvgIpc) is 2.32. The first kappa shape index (κ1) is 12.5. The van der Waals surface area contributed by atoms with Crippen LogP contribution in [0.25, 0.3) is 0 Å². The molecule has 2 rings (SSSR count). The molecular weight excluding hydrogens is 259 g/mol. The van der Waals surface area contributed by atoms with Crippen LogP contribution >= 0.6 is 11.6 Å². The van der Waals surface area contributed by atoms with Gasteiger partial charge in [-0.1, -0.05) is 12.1 Å². The Morgan fingerprint density at radius 3 is 2.78 bits per heavy atom. The van der Waals surface area contributed by atoms with Gasteiger partial charge in [-0.05, 0) is 30.7 Å². The monoisotopic (exact) mass is 268 g/mol. The highest BCUT2D eigenvalue weighted by Gasteiger charge is 2.09. The lowest BCUT2D eigenvalue weighted by molar-refractivity contribution is 0.410. The molecule has 94 valence electrons. The smallest absolute Gasteiger partial charge is 0.328 e. The molecule has 2 aromatic rings. The molecule has 1 aromatic carbocycles. The minimum Gasteiger partial charge on any atom is -0.421 e. The summed E-state index contributed by atoms with van der Waals surface area (Å²) in [6.45, 7) is 2.51. The first-order valence-electron chi connectivity index (χ1n) is 5.27. The molecule has 0 unspecified atom stereocenters. The van der Waals surface area contributed by atoms with Crippen molar-refractivity contribution in [3.05, 3.63) is 35.4 Å². The van der Waals surface area contributed by atoms with Crippen molar-refractivity contribution in [3.63, 3.8) is 0 Å². The summed E-state index contributed by atoms with van der Waals surface area (Å²) in [5.74, 6) is -0.190. The summed E-state index contributed by atoms with van der Waals surface area (Å²) >= 11 is 5.72. The second-order valence-electron chi connectivity index (χ2n) is 3.27. The van der Waals surface area contributed by atoms with Gasteiger partial charge in [-0.25, -0.2) is 4.39 Å². The van der Waals surface area contributed by atoms with E-state index in [4.69, 9.17) is 16.3 Å². The molecule has 0 aliphatic carbocycles. The third kappa shape index (κ3) is 3.04. The van der Waals surface area contributed by atoms with Crippen LogP contribution in [-0.4, -0.2) is 21.5 Å². The lowest BCUT2D eigenvalue weighted by atomic mass is 10.3. The van der Waals surface area contributed by atoms with Crippen molar-refractivity contribution in [1.29, 1.82) is 0 Å². The van der Waals surface area contributed by atoms with Crippen LogP contribution in [0.3, 0.4) is 0 Å². The van der Waals surface area contributed by atoms with Crippen molar-refractivity contribution in [2.24, 2.45) is 0 Å². The number of nitrogens with zero attached hydrogens (tertiary/aromatic N) is 3. The van der Waals surface area contributed by atoms with Gasteiger partial charge < -0.3 is 10.1 Å². The minimum absolute atomic E-state index is 0.0210. The van der Waals surface area contributed by atoms with E-state index in [2.05, 4.69) is 20.3 Å². The van der Waals surface area contributed by atoms with Gasteiger partial charge in [0.25, 0.3) is 0 Å². The lowest BCUT2D eigenvalue weighted by Gasteiger charge is -2.06. The lowest BCUT2D eigenvalue weighted by Crippen LogP contribution is -2.05. The van der Waals surface area contributed by atoms with Crippen LogP contribution in [0.4, 0.5) is 10.3 Å². The standard InChI is InChI=1S/C11H10ClFN4O/c1-2-14-10-15-9(12)16-11(17-10)18-8-6-4-3-5-7(8)13/h3-6H,2H2,1H3,(H,14,15,16,17). The Morgan fingerprint density at radius 2 is 2.06 bits per heavy atom. The number of para-hydroxylation sites is 1. The minimum atomic E-state index is -0.501. The van der Waals surface area contributed by atoms with Gasteiger partial charge in [0.05, 0.1) is 0 Å². The van der Waals surface area contributed by atoms with Crippen molar-refractivity contribution < 1.29 is 9.13 Å². The first-order chi connectivity index (χ1) is 8.69. The maximum atomic E-state index is 13.4. The zero-order valence-corrected chi connectivity index (χ0v) is 10.3. The van der Waals surface area contributed by atoms with Crippen LogP contribution in [0, 0.1) is 5.82 Å². The summed E-state index contributed by atoms with van der Waals surface area (Å²) < 4.78 is 18.6. The fourth-order valence-corrected chi connectivity index (χ4v) is 1.39. The average molecular weight is 269 g/mol. The third-order valence-electron chi connectivity index (χ3n) is 1.96. The van der Waals surface area contributed by atoms with E-state index in [1.165, 1.54) is 12.1 Å². The number of nitrogens with one attached hydrogen (secondary N) is 1. The molecule has 0 fully saturated rings. The number of hydrogen-bond donors (Lipinski definition) is 1. The van der Waals surface area contributed by atoms with Crippen LogP contribution in [0.15, 0.2) is 24.3 Å². The highest BCUT2D eigenvalue weighted by Crippen LogP contribution is 2.22. The zero-order valence-electron chi connectivity index (χ0n) is 9.52. The Kier molecular flexibility index (Phi) is 3.88. The normalized spacial score (nSPS) is 10.2. The maximum absolute atomic E-state index is 13.4. The number of benzene rings is 1. The molecule has 0 radical (unpaired) electrons. The Labute approximate surface area is 108 Å². The molecule has 0 spiro atoms.